The van der Waals surface area contributed by atoms with E-state index in [1.165, 1.54) is 0 Å². The van der Waals surface area contributed by atoms with Gasteiger partial charge in [0.15, 0.2) is 0 Å². The van der Waals surface area contributed by atoms with Crippen molar-refractivity contribution < 1.29 is 68.2 Å². The fourth-order valence-electron chi connectivity index (χ4n) is 0. The van der Waals surface area contributed by atoms with E-state index in [-0.39, 0.29) is 68.2 Å². The van der Waals surface area contributed by atoms with Crippen LogP contribution in [0.15, 0.2) is 0 Å². The van der Waals surface area contributed by atoms with Crippen molar-refractivity contribution >= 4 is 0 Å². The zero-order valence-electron chi connectivity index (χ0n) is 2.28. The van der Waals surface area contributed by atoms with E-state index in [9.17, 15) is 0 Å². The van der Waals surface area contributed by atoms with Crippen LogP contribution >= 0.6 is 0 Å². The summed E-state index contributed by atoms with van der Waals surface area (Å²) in [7, 11) is 0. The van der Waals surface area contributed by atoms with Crippen LogP contribution in [0.1, 0.15) is 0 Å². The van der Waals surface area contributed by atoms with Crippen molar-refractivity contribution in [3.8, 4) is 0 Å². The Morgan fingerprint density at radius 1 is 1.25 bits per heavy atom. The minimum absolute atomic E-state index is 0. The quantitative estimate of drug-likeness (QED) is 0.251. The molecule has 0 atom stereocenters. The summed E-state index contributed by atoms with van der Waals surface area (Å²) in [6.45, 7) is 4.75. The standard InChI is InChI=1S/CN.Co.K/c1-2;;/q-1;+2;+1. The normalized spacial score (nSPS) is 0.500. The molecule has 0 aliphatic heterocycles. The smallest absolute Gasteiger partial charge is 0.512 e. The van der Waals surface area contributed by atoms with Gasteiger partial charge in [-0.25, -0.2) is 0 Å². The summed E-state index contributed by atoms with van der Waals surface area (Å²) in [6.07, 6.45) is 0. The first-order valence-electron chi connectivity index (χ1n) is 0.224. The molecule has 4 heavy (non-hydrogen) atoms. The molecule has 1 radical (unpaired) electrons. The monoisotopic (exact) mass is 124 g/mol. The van der Waals surface area contributed by atoms with Crippen molar-refractivity contribution in [3.05, 3.63) is 6.57 Å². The van der Waals surface area contributed by atoms with Crippen LogP contribution in [0, 0.1) is 11.8 Å². The van der Waals surface area contributed by atoms with Gasteiger partial charge in [0.2, 0.25) is 0 Å². The molecule has 0 aliphatic rings. The summed E-state index contributed by atoms with van der Waals surface area (Å²) in [4.78, 5) is 0. The SMILES string of the molecule is [C-]#N.[Co+2].[K+]. The van der Waals surface area contributed by atoms with Gasteiger partial charge in [-0.05, 0) is 0 Å². The molecule has 0 spiro atoms. The first-order chi connectivity index (χ1) is 1.00. The van der Waals surface area contributed by atoms with Crippen LogP contribution in [-0.4, -0.2) is 0 Å². The van der Waals surface area contributed by atoms with Crippen molar-refractivity contribution in [2.75, 3.05) is 0 Å². The second kappa shape index (κ2) is 22.9. The molecular weight excluding hydrogens is 124 g/mol. The predicted molar refractivity (Wildman–Crippen MR) is 4.97 cm³/mol. The van der Waals surface area contributed by atoms with Crippen molar-refractivity contribution in [2.45, 2.75) is 0 Å². The van der Waals surface area contributed by atoms with Crippen LogP contribution in [0.5, 0.6) is 0 Å². The summed E-state index contributed by atoms with van der Waals surface area (Å²) in [6, 6.07) is 0. The zero-order valence-corrected chi connectivity index (χ0v) is 6.44. The molecule has 0 amide bonds. The van der Waals surface area contributed by atoms with Crippen molar-refractivity contribution in [1.82, 2.24) is 0 Å². The van der Waals surface area contributed by atoms with Crippen molar-refractivity contribution in [3.63, 3.8) is 0 Å². The molecule has 0 bridgehead atoms. The van der Waals surface area contributed by atoms with Crippen LogP contribution in [0.4, 0.5) is 0 Å². The van der Waals surface area contributed by atoms with E-state index in [1.807, 2.05) is 0 Å². The van der Waals surface area contributed by atoms with E-state index in [0.717, 1.165) is 0 Å². The Labute approximate surface area is 78.4 Å². The third kappa shape index (κ3) is 9.45. The minimum atomic E-state index is 0. The molecule has 3 heteroatoms. The molecular formula is CCoKN+2. The summed E-state index contributed by atoms with van der Waals surface area (Å²) < 4.78 is 0. The maximum Gasteiger partial charge on any atom is 2.00 e. The summed E-state index contributed by atoms with van der Waals surface area (Å²) in [5, 5.41) is 6.25. The van der Waals surface area contributed by atoms with E-state index >= 15 is 0 Å². The van der Waals surface area contributed by atoms with Gasteiger partial charge in [-0.15, -0.1) is 0 Å². The largest absolute Gasteiger partial charge is 2.00 e. The Bertz CT molecular complexity index is 12.8. The third-order valence-electron chi connectivity index (χ3n) is 0. The fourth-order valence-corrected chi connectivity index (χ4v) is 0. The molecule has 0 aromatic rings. The second-order valence-electron chi connectivity index (χ2n) is 0. The van der Waals surface area contributed by atoms with Gasteiger partial charge in [-0.1, -0.05) is 0 Å². The Balaban J connectivity index is -0.00000000500. The molecule has 17 valence electrons. The molecule has 0 saturated carbocycles. The molecule has 0 fully saturated rings. The van der Waals surface area contributed by atoms with Crippen LogP contribution in [-0.2, 0) is 16.8 Å². The predicted octanol–water partition coefficient (Wildman–Crippen LogP) is -2.90. The van der Waals surface area contributed by atoms with E-state index in [2.05, 4.69) is 0 Å². The average Bonchev–Trinajstić information content (AvgIpc) is 1.00. The molecule has 0 aromatic carbocycles. The van der Waals surface area contributed by atoms with Crippen molar-refractivity contribution in [2.24, 2.45) is 0 Å². The Morgan fingerprint density at radius 3 is 1.25 bits per heavy atom. The van der Waals surface area contributed by atoms with Gasteiger partial charge in [0, 0.05) is 0 Å². The van der Waals surface area contributed by atoms with E-state index in [1.54, 1.807) is 0 Å². The molecule has 0 aromatic heterocycles. The maximum absolute atomic E-state index is 6.25. The van der Waals surface area contributed by atoms with Crippen LogP contribution < -0.4 is 51.4 Å². The maximum atomic E-state index is 6.25. The zero-order chi connectivity index (χ0) is 2.00. The molecule has 1 nitrogen and oxygen atoms in total. The number of rotatable bonds is 0. The second-order valence-corrected chi connectivity index (χ2v) is 0. The summed E-state index contributed by atoms with van der Waals surface area (Å²) >= 11 is 0. The Kier molecular flexibility index (Phi) is 100.0. The van der Waals surface area contributed by atoms with Gasteiger partial charge >= 0.3 is 68.2 Å². The molecule has 0 unspecified atom stereocenters. The molecule has 0 aliphatic carbocycles. The first-order valence-corrected chi connectivity index (χ1v) is 0.224. The van der Waals surface area contributed by atoms with Gasteiger partial charge in [0.1, 0.15) is 0 Å². The van der Waals surface area contributed by atoms with E-state index < -0.39 is 0 Å². The Hall–Kier alpha value is 1.63. The van der Waals surface area contributed by atoms with Gasteiger partial charge < -0.3 is 11.8 Å². The minimum Gasteiger partial charge on any atom is -0.512 e. The topological polar surface area (TPSA) is 23.8 Å². The third-order valence-corrected chi connectivity index (χ3v) is 0. The molecule has 0 heterocycles. The van der Waals surface area contributed by atoms with Crippen LogP contribution in [0.25, 0.3) is 0 Å². The molecule has 0 rings (SSSR count). The van der Waals surface area contributed by atoms with Crippen LogP contribution in [0.2, 0.25) is 0 Å². The Morgan fingerprint density at radius 2 is 1.25 bits per heavy atom. The van der Waals surface area contributed by atoms with Gasteiger partial charge in [0.25, 0.3) is 0 Å². The number of hydrogen-bond donors (Lipinski definition) is 0. The number of nitrogens with zero attached hydrogens (tertiary/aromatic N) is 1. The van der Waals surface area contributed by atoms with E-state index in [4.69, 9.17) is 11.8 Å². The van der Waals surface area contributed by atoms with Gasteiger partial charge in [0.05, 0.1) is 0 Å². The van der Waals surface area contributed by atoms with Crippen LogP contribution in [0.3, 0.4) is 0 Å². The van der Waals surface area contributed by atoms with Gasteiger partial charge in [-0.3, -0.25) is 0 Å². The first kappa shape index (κ1) is 17.4. The van der Waals surface area contributed by atoms with Gasteiger partial charge in [-0.2, -0.15) is 0 Å². The number of hydrogen-bond acceptors (Lipinski definition) is 1. The molecule has 0 saturated heterocycles. The summed E-state index contributed by atoms with van der Waals surface area (Å²) in [5.74, 6) is 0. The van der Waals surface area contributed by atoms with Crippen molar-refractivity contribution in [1.29, 1.82) is 5.26 Å². The summed E-state index contributed by atoms with van der Waals surface area (Å²) in [5.41, 5.74) is 0. The molecule has 0 N–H and O–H groups in total. The fraction of sp³-hybridized carbons (Fsp3) is 0. The van der Waals surface area contributed by atoms with E-state index in [0.29, 0.717) is 0 Å². The average molecular weight is 124 g/mol.